The van der Waals surface area contributed by atoms with Gasteiger partial charge in [-0.25, -0.2) is 0 Å². The highest BCUT2D eigenvalue weighted by Crippen LogP contribution is 2.46. The lowest BCUT2D eigenvalue weighted by molar-refractivity contribution is 0.0250. The lowest BCUT2D eigenvalue weighted by Gasteiger charge is -2.36. The van der Waals surface area contributed by atoms with E-state index < -0.39 is 8.07 Å². The first-order valence-corrected chi connectivity index (χ1v) is 17.0. The number of aliphatic hydroxyl groups is 1. The average Bonchev–Trinajstić information content (AvgIpc) is 3.46. The van der Waals surface area contributed by atoms with Gasteiger partial charge in [-0.15, -0.1) is 5.10 Å². The summed E-state index contributed by atoms with van der Waals surface area (Å²) < 4.78 is 15.4. The van der Waals surface area contributed by atoms with Crippen molar-refractivity contribution in [2.75, 3.05) is 13.7 Å². The standard InChI is InChI=1S/C28H38IN3O3Si/c1-20-26(14-7-21-5-8-22(29)9-6-21)35-27(15-17-32-19-23(16-18-33)30-31-32)28(20)36(3,4)25-12-10-24(34-2)11-13-25/h5-6,8-13,19-20,26-28,33H,7,14-18H2,1-4H3/t20-,26+,27-,28+/m1/s1. The van der Waals surface area contributed by atoms with Crippen LogP contribution in [0.3, 0.4) is 0 Å². The number of hydrogen-bond acceptors (Lipinski definition) is 5. The third-order valence-corrected chi connectivity index (χ3v) is 12.9. The molecule has 1 saturated heterocycles. The number of halogens is 1. The van der Waals surface area contributed by atoms with Crippen LogP contribution < -0.4 is 9.92 Å². The fourth-order valence-electron chi connectivity index (χ4n) is 5.81. The van der Waals surface area contributed by atoms with Crippen LogP contribution in [0.15, 0.2) is 54.7 Å². The van der Waals surface area contributed by atoms with Crippen molar-refractivity contribution in [3.8, 4) is 5.75 Å². The lowest BCUT2D eigenvalue weighted by Crippen LogP contribution is -2.50. The molecule has 4 atom stereocenters. The van der Waals surface area contributed by atoms with Crippen LogP contribution in [0.5, 0.6) is 5.75 Å². The third kappa shape index (κ3) is 6.38. The summed E-state index contributed by atoms with van der Waals surface area (Å²) in [5, 5.41) is 19.1. The van der Waals surface area contributed by atoms with Crippen molar-refractivity contribution in [3.63, 3.8) is 0 Å². The van der Waals surface area contributed by atoms with Crippen molar-refractivity contribution >= 4 is 35.9 Å². The SMILES string of the molecule is COc1ccc([Si](C)(C)[C@H]2[C@H](C)[C@H](CCc3ccc(I)cc3)O[C@@H]2CCn2cc(CCO)nn2)cc1. The number of ether oxygens (including phenoxy) is 2. The summed E-state index contributed by atoms with van der Waals surface area (Å²) in [6, 6.07) is 17.5. The first-order chi connectivity index (χ1) is 17.3. The molecular weight excluding hydrogens is 581 g/mol. The molecule has 1 N–H and O–H groups in total. The van der Waals surface area contributed by atoms with Gasteiger partial charge in [0.05, 0.1) is 33.1 Å². The fourth-order valence-corrected chi connectivity index (χ4v) is 10.3. The van der Waals surface area contributed by atoms with Gasteiger partial charge in [-0.1, -0.05) is 54.7 Å². The molecule has 4 rings (SSSR count). The maximum Gasteiger partial charge on any atom is 0.118 e. The van der Waals surface area contributed by atoms with E-state index in [-0.39, 0.29) is 18.8 Å². The summed E-state index contributed by atoms with van der Waals surface area (Å²) in [6.45, 7) is 8.23. The van der Waals surface area contributed by atoms with Crippen molar-refractivity contribution in [1.29, 1.82) is 0 Å². The van der Waals surface area contributed by atoms with E-state index in [2.05, 4.69) is 101 Å². The highest BCUT2D eigenvalue weighted by Gasteiger charge is 2.50. The number of nitrogens with zero attached hydrogens (tertiary/aromatic N) is 3. The minimum Gasteiger partial charge on any atom is -0.497 e. The molecule has 6 nitrogen and oxygen atoms in total. The maximum atomic E-state index is 9.20. The number of methoxy groups -OCH3 is 1. The van der Waals surface area contributed by atoms with Crippen LogP contribution in [0.25, 0.3) is 0 Å². The minimum absolute atomic E-state index is 0.0912. The van der Waals surface area contributed by atoms with Crippen molar-refractivity contribution in [3.05, 3.63) is 69.6 Å². The van der Waals surface area contributed by atoms with Crippen molar-refractivity contribution in [2.45, 2.75) is 70.0 Å². The molecule has 1 aliphatic heterocycles. The zero-order valence-corrected chi connectivity index (χ0v) is 24.9. The quantitative estimate of drug-likeness (QED) is 0.246. The molecule has 0 radical (unpaired) electrons. The van der Waals surface area contributed by atoms with E-state index in [1.165, 1.54) is 14.3 Å². The van der Waals surface area contributed by atoms with Gasteiger partial charge in [0.1, 0.15) is 5.75 Å². The van der Waals surface area contributed by atoms with Gasteiger partial charge >= 0.3 is 0 Å². The molecule has 1 aliphatic rings. The Balaban J connectivity index is 1.52. The second-order valence-corrected chi connectivity index (χ2v) is 16.4. The highest BCUT2D eigenvalue weighted by atomic mass is 127. The fraction of sp³-hybridized carbons (Fsp3) is 0.500. The van der Waals surface area contributed by atoms with Crippen molar-refractivity contribution < 1.29 is 14.6 Å². The molecule has 2 heterocycles. The van der Waals surface area contributed by atoms with E-state index in [0.717, 1.165) is 37.3 Å². The normalized spacial score (nSPS) is 22.2. The molecule has 0 saturated carbocycles. The second kappa shape index (κ2) is 12.2. The van der Waals surface area contributed by atoms with E-state index >= 15 is 0 Å². The average molecular weight is 620 g/mol. The van der Waals surface area contributed by atoms with E-state index in [1.54, 1.807) is 7.11 Å². The number of aryl methyl sites for hydroxylation is 2. The van der Waals surface area contributed by atoms with Gasteiger partial charge in [-0.05, 0) is 83.1 Å². The molecule has 36 heavy (non-hydrogen) atoms. The summed E-state index contributed by atoms with van der Waals surface area (Å²) in [7, 11) is -0.154. The summed E-state index contributed by atoms with van der Waals surface area (Å²) in [5.41, 5.74) is 2.70. The molecule has 8 heteroatoms. The van der Waals surface area contributed by atoms with Gasteiger partial charge in [0.15, 0.2) is 0 Å². The number of hydrogen-bond donors (Lipinski definition) is 1. The molecule has 1 fully saturated rings. The molecule has 3 aromatic rings. The van der Waals surface area contributed by atoms with Gasteiger partial charge < -0.3 is 14.6 Å². The van der Waals surface area contributed by atoms with Crippen LogP contribution in [0.2, 0.25) is 18.6 Å². The van der Waals surface area contributed by atoms with Gasteiger partial charge in [0, 0.05) is 29.3 Å². The molecular formula is C28H38IN3O3Si. The number of benzene rings is 2. The van der Waals surface area contributed by atoms with E-state index in [0.29, 0.717) is 17.9 Å². The number of aromatic nitrogens is 3. The zero-order chi connectivity index (χ0) is 25.7. The molecule has 0 bridgehead atoms. The summed E-state index contributed by atoms with van der Waals surface area (Å²) in [4.78, 5) is 0. The van der Waals surface area contributed by atoms with Gasteiger partial charge in [0.25, 0.3) is 0 Å². The Bertz CT molecular complexity index is 1100. The number of aliphatic hydroxyl groups excluding tert-OH is 1. The second-order valence-electron chi connectivity index (χ2n) is 10.4. The smallest absolute Gasteiger partial charge is 0.118 e. The first-order valence-electron chi connectivity index (χ1n) is 12.9. The highest BCUT2D eigenvalue weighted by molar-refractivity contribution is 14.1. The van der Waals surface area contributed by atoms with Gasteiger partial charge in [0.2, 0.25) is 0 Å². The lowest BCUT2D eigenvalue weighted by atomic mass is 9.95. The summed E-state index contributed by atoms with van der Waals surface area (Å²) in [6.07, 6.45) is 5.88. The third-order valence-electron chi connectivity index (χ3n) is 7.80. The largest absolute Gasteiger partial charge is 0.497 e. The predicted octanol–water partition coefficient (Wildman–Crippen LogP) is 4.84. The summed E-state index contributed by atoms with van der Waals surface area (Å²) >= 11 is 2.36. The molecule has 0 spiro atoms. The zero-order valence-electron chi connectivity index (χ0n) is 21.7. The van der Waals surface area contributed by atoms with Crippen LogP contribution >= 0.6 is 22.6 Å². The van der Waals surface area contributed by atoms with Crippen LogP contribution in [0, 0.1) is 9.49 Å². The monoisotopic (exact) mass is 619 g/mol. The Morgan fingerprint density at radius 1 is 1.03 bits per heavy atom. The molecule has 0 amide bonds. The van der Waals surface area contributed by atoms with Crippen LogP contribution in [-0.2, 0) is 24.1 Å². The molecule has 2 aromatic carbocycles. The van der Waals surface area contributed by atoms with Crippen LogP contribution in [0.1, 0.15) is 31.0 Å². The maximum absolute atomic E-state index is 9.20. The Hall–Kier alpha value is -1.75. The van der Waals surface area contributed by atoms with Gasteiger partial charge in [-0.2, -0.15) is 0 Å². The molecule has 1 aromatic heterocycles. The van der Waals surface area contributed by atoms with E-state index in [4.69, 9.17) is 9.47 Å². The Morgan fingerprint density at radius 3 is 2.42 bits per heavy atom. The molecule has 194 valence electrons. The predicted molar refractivity (Wildman–Crippen MR) is 155 cm³/mol. The van der Waals surface area contributed by atoms with E-state index in [9.17, 15) is 5.11 Å². The number of rotatable bonds is 11. The van der Waals surface area contributed by atoms with E-state index in [1.807, 2.05) is 10.9 Å². The summed E-state index contributed by atoms with van der Waals surface area (Å²) in [5.74, 6) is 1.37. The topological polar surface area (TPSA) is 69.4 Å². The Morgan fingerprint density at radius 2 is 1.75 bits per heavy atom. The van der Waals surface area contributed by atoms with Crippen LogP contribution in [-0.4, -0.2) is 54.1 Å². The van der Waals surface area contributed by atoms with Crippen molar-refractivity contribution in [2.24, 2.45) is 5.92 Å². The molecule has 0 unspecified atom stereocenters. The first kappa shape index (κ1) is 27.3. The van der Waals surface area contributed by atoms with Crippen LogP contribution in [0.4, 0.5) is 0 Å². The molecule has 0 aliphatic carbocycles. The minimum atomic E-state index is -1.87. The Labute approximate surface area is 229 Å². The van der Waals surface area contributed by atoms with Gasteiger partial charge in [-0.3, -0.25) is 4.68 Å². The Kier molecular flexibility index (Phi) is 9.24. The van der Waals surface area contributed by atoms with Crippen molar-refractivity contribution in [1.82, 2.24) is 15.0 Å².